The number of rotatable bonds is 5. The Labute approximate surface area is 183 Å². The monoisotopic (exact) mass is 444 g/mol. The molecule has 3 N–H and O–H groups in total. The Balaban J connectivity index is 1.48. The second kappa shape index (κ2) is 8.55. The van der Waals surface area contributed by atoms with Crippen molar-refractivity contribution in [2.75, 3.05) is 28.6 Å². The van der Waals surface area contributed by atoms with Crippen molar-refractivity contribution >= 4 is 51.3 Å². The summed E-state index contributed by atoms with van der Waals surface area (Å²) in [4.78, 5) is 28.2. The molecule has 1 aromatic carbocycles. The van der Waals surface area contributed by atoms with Gasteiger partial charge in [-0.25, -0.2) is 15.0 Å². The number of halogens is 1. The van der Waals surface area contributed by atoms with Crippen LogP contribution in [0.25, 0.3) is 0 Å². The van der Waals surface area contributed by atoms with E-state index in [2.05, 4.69) is 25.6 Å². The lowest BCUT2D eigenvalue weighted by Crippen LogP contribution is -2.22. The fourth-order valence-corrected chi connectivity index (χ4v) is 4.23. The van der Waals surface area contributed by atoms with Crippen LogP contribution in [-0.4, -0.2) is 45.2 Å². The van der Waals surface area contributed by atoms with Crippen LogP contribution in [-0.2, 0) is 0 Å². The van der Waals surface area contributed by atoms with Crippen molar-refractivity contribution in [1.29, 1.82) is 0 Å². The SMILES string of the molecule is Cc1nc(Nc2ncc(C(=O)Nc3c(C)cccc3Cl)s2)cc(N2CC[C@@H](O)C2)n1. The number of carbonyl (C=O) groups is 1. The second-order valence-corrected chi connectivity index (χ2v) is 8.53. The van der Waals surface area contributed by atoms with Crippen molar-refractivity contribution in [3.8, 4) is 0 Å². The van der Waals surface area contributed by atoms with Crippen LogP contribution in [0.15, 0.2) is 30.5 Å². The zero-order chi connectivity index (χ0) is 21.3. The first-order chi connectivity index (χ1) is 14.4. The zero-order valence-corrected chi connectivity index (χ0v) is 18.1. The molecule has 2 aromatic heterocycles. The van der Waals surface area contributed by atoms with Gasteiger partial charge >= 0.3 is 0 Å². The highest BCUT2D eigenvalue weighted by atomic mass is 35.5. The number of aromatic nitrogens is 3. The standard InChI is InChI=1S/C20H21ClN6O2S/c1-11-4-3-5-14(21)18(11)26-19(29)15-9-22-20(30-15)25-16-8-17(24-12(2)23-16)27-7-6-13(28)10-27/h3-5,8-9,13,28H,6-7,10H2,1-2H3,(H,26,29)(H,22,23,24,25)/t13-/m1/s1. The number of thiazole rings is 1. The van der Waals surface area contributed by atoms with E-state index in [0.29, 0.717) is 38.9 Å². The normalized spacial score (nSPS) is 16.0. The molecule has 0 spiro atoms. The molecule has 1 saturated heterocycles. The highest BCUT2D eigenvalue weighted by Crippen LogP contribution is 2.28. The summed E-state index contributed by atoms with van der Waals surface area (Å²) in [6.45, 7) is 5.00. The van der Waals surface area contributed by atoms with E-state index in [4.69, 9.17) is 11.6 Å². The highest BCUT2D eigenvalue weighted by molar-refractivity contribution is 7.17. The summed E-state index contributed by atoms with van der Waals surface area (Å²) in [5.41, 5.74) is 1.48. The van der Waals surface area contributed by atoms with Gasteiger partial charge in [0.15, 0.2) is 5.13 Å². The van der Waals surface area contributed by atoms with Crippen molar-refractivity contribution < 1.29 is 9.90 Å². The molecule has 30 heavy (non-hydrogen) atoms. The third-order valence-electron chi connectivity index (χ3n) is 4.74. The van der Waals surface area contributed by atoms with Crippen molar-refractivity contribution in [1.82, 2.24) is 15.0 Å². The summed E-state index contributed by atoms with van der Waals surface area (Å²) in [5, 5.41) is 16.8. The van der Waals surface area contributed by atoms with Crippen molar-refractivity contribution in [2.45, 2.75) is 26.4 Å². The van der Waals surface area contributed by atoms with Gasteiger partial charge in [-0.2, -0.15) is 0 Å². The summed E-state index contributed by atoms with van der Waals surface area (Å²) in [6, 6.07) is 7.27. The molecule has 8 nitrogen and oxygen atoms in total. The molecule has 1 amide bonds. The molecule has 0 unspecified atom stereocenters. The van der Waals surface area contributed by atoms with Crippen molar-refractivity contribution in [3.05, 3.63) is 51.7 Å². The molecule has 10 heteroatoms. The molecule has 4 rings (SSSR count). The maximum absolute atomic E-state index is 12.6. The second-order valence-electron chi connectivity index (χ2n) is 7.09. The van der Waals surface area contributed by atoms with Crippen LogP contribution in [0.1, 0.15) is 27.5 Å². The smallest absolute Gasteiger partial charge is 0.267 e. The van der Waals surface area contributed by atoms with Crippen LogP contribution in [0.3, 0.4) is 0 Å². The van der Waals surface area contributed by atoms with E-state index in [1.807, 2.05) is 36.9 Å². The molecular weight excluding hydrogens is 424 g/mol. The van der Waals surface area contributed by atoms with Crippen molar-refractivity contribution in [3.63, 3.8) is 0 Å². The first kappa shape index (κ1) is 20.5. The maximum Gasteiger partial charge on any atom is 0.267 e. The van der Waals surface area contributed by atoms with Gasteiger partial charge in [-0.15, -0.1) is 0 Å². The lowest BCUT2D eigenvalue weighted by Gasteiger charge is -2.17. The van der Waals surface area contributed by atoms with Gasteiger partial charge in [0.05, 0.1) is 23.0 Å². The fourth-order valence-electron chi connectivity index (χ4n) is 3.24. The Kier molecular flexibility index (Phi) is 5.85. The highest BCUT2D eigenvalue weighted by Gasteiger charge is 2.22. The van der Waals surface area contributed by atoms with Gasteiger partial charge in [0, 0.05) is 19.2 Å². The van der Waals surface area contributed by atoms with E-state index in [1.54, 1.807) is 6.07 Å². The Bertz CT molecular complexity index is 1070. The topological polar surface area (TPSA) is 103 Å². The number of hydrogen-bond acceptors (Lipinski definition) is 8. The number of aliphatic hydroxyl groups excluding tert-OH is 1. The van der Waals surface area contributed by atoms with Crippen LogP contribution in [0.4, 0.5) is 22.5 Å². The lowest BCUT2D eigenvalue weighted by molar-refractivity contribution is 0.103. The molecule has 0 saturated carbocycles. The van der Waals surface area contributed by atoms with Crippen LogP contribution in [0.5, 0.6) is 0 Å². The number of nitrogens with zero attached hydrogens (tertiary/aromatic N) is 4. The van der Waals surface area contributed by atoms with Crippen LogP contribution < -0.4 is 15.5 Å². The van der Waals surface area contributed by atoms with E-state index in [9.17, 15) is 9.90 Å². The maximum atomic E-state index is 12.6. The van der Waals surface area contributed by atoms with Crippen LogP contribution in [0.2, 0.25) is 5.02 Å². The molecular formula is C20H21ClN6O2S. The number of para-hydroxylation sites is 1. The number of anilines is 4. The average molecular weight is 445 g/mol. The number of benzene rings is 1. The predicted octanol–water partition coefficient (Wildman–Crippen LogP) is 3.77. The third-order valence-corrected chi connectivity index (χ3v) is 5.96. The quantitative estimate of drug-likeness (QED) is 0.550. The summed E-state index contributed by atoms with van der Waals surface area (Å²) < 4.78 is 0. The van der Waals surface area contributed by atoms with Gasteiger partial charge in [-0.3, -0.25) is 4.79 Å². The zero-order valence-electron chi connectivity index (χ0n) is 16.5. The molecule has 0 bridgehead atoms. The summed E-state index contributed by atoms with van der Waals surface area (Å²) >= 11 is 7.41. The summed E-state index contributed by atoms with van der Waals surface area (Å²) in [7, 11) is 0. The number of aryl methyl sites for hydroxylation is 2. The Morgan fingerprint density at radius 3 is 2.90 bits per heavy atom. The van der Waals surface area contributed by atoms with E-state index in [1.165, 1.54) is 17.5 Å². The van der Waals surface area contributed by atoms with Gasteiger partial charge in [0.1, 0.15) is 22.3 Å². The van der Waals surface area contributed by atoms with E-state index in [-0.39, 0.29) is 12.0 Å². The third kappa shape index (κ3) is 4.53. The predicted molar refractivity (Wildman–Crippen MR) is 119 cm³/mol. The van der Waals surface area contributed by atoms with Crippen molar-refractivity contribution in [2.24, 2.45) is 0 Å². The molecule has 1 aliphatic rings. The van der Waals surface area contributed by atoms with Gasteiger partial charge in [0.25, 0.3) is 5.91 Å². The minimum absolute atomic E-state index is 0.276. The number of carbonyl (C=O) groups excluding carboxylic acids is 1. The summed E-state index contributed by atoms with van der Waals surface area (Å²) in [5.74, 6) is 1.68. The number of nitrogens with one attached hydrogen (secondary N) is 2. The van der Waals surface area contributed by atoms with E-state index < -0.39 is 0 Å². The number of aliphatic hydroxyl groups is 1. The molecule has 0 aliphatic carbocycles. The minimum atomic E-state index is -0.335. The van der Waals surface area contributed by atoms with Gasteiger partial charge < -0.3 is 20.6 Å². The minimum Gasteiger partial charge on any atom is -0.391 e. The van der Waals surface area contributed by atoms with Crippen LogP contribution in [0, 0.1) is 13.8 Å². The lowest BCUT2D eigenvalue weighted by atomic mass is 10.2. The Morgan fingerprint density at radius 2 is 2.17 bits per heavy atom. The van der Waals surface area contributed by atoms with Gasteiger partial charge in [-0.1, -0.05) is 35.1 Å². The first-order valence-electron chi connectivity index (χ1n) is 9.47. The van der Waals surface area contributed by atoms with E-state index in [0.717, 1.165) is 24.3 Å². The molecule has 156 valence electrons. The Hall–Kier alpha value is -2.75. The average Bonchev–Trinajstić information content (AvgIpc) is 3.33. The molecule has 1 fully saturated rings. The number of amides is 1. The number of β-amino-alcohol motifs (C(OH)–C–C–N with tert-alkyl or cyclic N) is 1. The largest absolute Gasteiger partial charge is 0.391 e. The first-order valence-corrected chi connectivity index (χ1v) is 10.7. The fraction of sp³-hybridized carbons (Fsp3) is 0.300. The molecule has 1 aliphatic heterocycles. The van der Waals surface area contributed by atoms with Crippen LogP contribution >= 0.6 is 22.9 Å². The molecule has 1 atom stereocenters. The molecule has 0 radical (unpaired) electrons. The Morgan fingerprint density at radius 1 is 1.33 bits per heavy atom. The number of hydrogen-bond donors (Lipinski definition) is 3. The van der Waals surface area contributed by atoms with Gasteiger partial charge in [0.2, 0.25) is 0 Å². The van der Waals surface area contributed by atoms with E-state index >= 15 is 0 Å². The molecule has 3 aromatic rings. The molecule has 3 heterocycles. The van der Waals surface area contributed by atoms with Gasteiger partial charge in [-0.05, 0) is 31.9 Å². The summed E-state index contributed by atoms with van der Waals surface area (Å²) in [6.07, 6.45) is 1.90.